The van der Waals surface area contributed by atoms with Gasteiger partial charge in [-0.1, -0.05) is 6.08 Å². The lowest BCUT2D eigenvalue weighted by atomic mass is 10.4. The van der Waals surface area contributed by atoms with Gasteiger partial charge in [0.1, 0.15) is 6.73 Å². The highest BCUT2D eigenvalue weighted by atomic mass is 16.5. The summed E-state index contributed by atoms with van der Waals surface area (Å²) < 4.78 is 5.08. The molecule has 0 bridgehead atoms. The summed E-state index contributed by atoms with van der Waals surface area (Å²) in [5.41, 5.74) is 3.04. The highest BCUT2D eigenvalue weighted by Crippen LogP contribution is 1.90. The Morgan fingerprint density at radius 1 is 1.75 bits per heavy atom. The number of nitrogens with zero attached hydrogens (tertiary/aromatic N) is 1. The molecule has 68 valence electrons. The standard InChI is InChI=1S/C8H14N2O2/c1-8(11)3-2-4-10-5-6-12-7-9-10/h2-3,9H,4-7H2,1H3/b3-2+. The number of allylic oxidation sites excluding steroid dienone is 1. The first-order chi connectivity index (χ1) is 5.79. The van der Waals surface area contributed by atoms with Crippen LogP contribution >= 0.6 is 0 Å². The number of rotatable bonds is 3. The third-order valence-electron chi connectivity index (χ3n) is 1.57. The molecular weight excluding hydrogens is 156 g/mol. The lowest BCUT2D eigenvalue weighted by Gasteiger charge is -2.26. The molecule has 4 nitrogen and oxygen atoms in total. The number of ether oxygens (including phenoxy) is 1. The fourth-order valence-electron chi connectivity index (χ4n) is 0.965. The van der Waals surface area contributed by atoms with Crippen LogP contribution in [0.2, 0.25) is 0 Å². The Labute approximate surface area is 72.2 Å². The minimum Gasteiger partial charge on any atom is -0.364 e. The first kappa shape index (κ1) is 9.38. The zero-order chi connectivity index (χ0) is 8.81. The van der Waals surface area contributed by atoms with E-state index in [9.17, 15) is 4.79 Å². The van der Waals surface area contributed by atoms with E-state index in [2.05, 4.69) is 5.43 Å². The normalized spacial score (nSPS) is 20.1. The summed E-state index contributed by atoms with van der Waals surface area (Å²) in [5.74, 6) is 0.0864. The van der Waals surface area contributed by atoms with Crippen LogP contribution in [0, 0.1) is 0 Å². The van der Waals surface area contributed by atoms with Gasteiger partial charge in [-0.15, -0.1) is 0 Å². The summed E-state index contributed by atoms with van der Waals surface area (Å²) in [4.78, 5) is 10.5. The summed E-state index contributed by atoms with van der Waals surface area (Å²) in [6, 6.07) is 0. The molecule has 0 atom stereocenters. The smallest absolute Gasteiger partial charge is 0.152 e. The maximum atomic E-state index is 10.5. The van der Waals surface area contributed by atoms with Crippen LogP contribution in [-0.2, 0) is 9.53 Å². The Balaban J connectivity index is 2.17. The van der Waals surface area contributed by atoms with Crippen LogP contribution in [0.3, 0.4) is 0 Å². The largest absolute Gasteiger partial charge is 0.364 e. The number of hydrazine groups is 1. The number of carbonyl (C=O) groups excluding carboxylic acids is 1. The molecule has 0 saturated carbocycles. The molecule has 1 saturated heterocycles. The molecule has 0 aromatic heterocycles. The van der Waals surface area contributed by atoms with E-state index in [4.69, 9.17) is 4.74 Å². The molecule has 1 aliphatic rings. The second-order valence-corrected chi connectivity index (χ2v) is 2.67. The predicted molar refractivity (Wildman–Crippen MR) is 45.3 cm³/mol. The van der Waals surface area contributed by atoms with Gasteiger partial charge in [0, 0.05) is 13.1 Å². The Hall–Kier alpha value is -0.710. The van der Waals surface area contributed by atoms with E-state index in [0.717, 1.165) is 19.7 Å². The zero-order valence-corrected chi connectivity index (χ0v) is 7.25. The lowest BCUT2D eigenvalue weighted by molar-refractivity contribution is -0.112. The maximum Gasteiger partial charge on any atom is 0.152 e. The quantitative estimate of drug-likeness (QED) is 0.602. The minimum absolute atomic E-state index is 0.0864. The molecule has 1 rings (SSSR count). The van der Waals surface area contributed by atoms with E-state index in [-0.39, 0.29) is 5.78 Å². The van der Waals surface area contributed by atoms with Gasteiger partial charge in [-0.05, 0) is 13.0 Å². The van der Waals surface area contributed by atoms with E-state index in [1.54, 1.807) is 13.0 Å². The van der Waals surface area contributed by atoms with Gasteiger partial charge in [-0.2, -0.15) is 0 Å². The Morgan fingerprint density at radius 2 is 2.58 bits per heavy atom. The molecule has 0 unspecified atom stereocenters. The highest BCUT2D eigenvalue weighted by Gasteiger charge is 2.06. The van der Waals surface area contributed by atoms with Crippen LogP contribution in [0.1, 0.15) is 6.92 Å². The first-order valence-electron chi connectivity index (χ1n) is 4.02. The third-order valence-corrected chi connectivity index (χ3v) is 1.57. The summed E-state index contributed by atoms with van der Waals surface area (Å²) >= 11 is 0. The molecule has 0 spiro atoms. The van der Waals surface area contributed by atoms with Gasteiger partial charge in [-0.3, -0.25) is 4.79 Å². The van der Waals surface area contributed by atoms with Crippen molar-refractivity contribution < 1.29 is 9.53 Å². The highest BCUT2D eigenvalue weighted by molar-refractivity contribution is 5.87. The van der Waals surface area contributed by atoms with Crippen LogP contribution in [0.5, 0.6) is 0 Å². The second kappa shape index (κ2) is 5.03. The summed E-state index contributed by atoms with van der Waals surface area (Å²) in [6.45, 7) is 4.48. The molecule has 0 amide bonds. The van der Waals surface area contributed by atoms with E-state index in [1.165, 1.54) is 0 Å². The molecule has 1 N–H and O–H groups in total. The fraction of sp³-hybridized carbons (Fsp3) is 0.625. The van der Waals surface area contributed by atoms with E-state index in [0.29, 0.717) is 6.73 Å². The van der Waals surface area contributed by atoms with Crippen molar-refractivity contribution in [2.24, 2.45) is 0 Å². The van der Waals surface area contributed by atoms with Crippen molar-refractivity contribution in [1.82, 2.24) is 10.4 Å². The summed E-state index contributed by atoms with van der Waals surface area (Å²) in [7, 11) is 0. The molecule has 0 radical (unpaired) electrons. The van der Waals surface area contributed by atoms with Gasteiger partial charge in [0.2, 0.25) is 0 Å². The van der Waals surface area contributed by atoms with Gasteiger partial charge >= 0.3 is 0 Å². The van der Waals surface area contributed by atoms with Gasteiger partial charge in [0.05, 0.1) is 6.61 Å². The monoisotopic (exact) mass is 170 g/mol. The van der Waals surface area contributed by atoms with Crippen molar-refractivity contribution in [3.63, 3.8) is 0 Å². The number of carbonyl (C=O) groups is 1. The third kappa shape index (κ3) is 3.61. The molecule has 0 aromatic rings. The SMILES string of the molecule is CC(=O)/C=C/CN1CCOCN1. The number of hydrogen-bond acceptors (Lipinski definition) is 4. The van der Waals surface area contributed by atoms with Crippen molar-refractivity contribution >= 4 is 5.78 Å². The number of hydrogen-bond donors (Lipinski definition) is 1. The van der Waals surface area contributed by atoms with Crippen molar-refractivity contribution in [2.75, 3.05) is 26.4 Å². The Morgan fingerprint density at radius 3 is 3.17 bits per heavy atom. The van der Waals surface area contributed by atoms with Gasteiger partial charge in [0.15, 0.2) is 5.78 Å². The number of nitrogens with one attached hydrogen (secondary N) is 1. The van der Waals surface area contributed by atoms with Crippen molar-refractivity contribution in [2.45, 2.75) is 6.92 Å². The summed E-state index contributed by atoms with van der Waals surface area (Å²) in [6.07, 6.45) is 3.43. The van der Waals surface area contributed by atoms with Crippen LogP contribution in [0.4, 0.5) is 0 Å². The number of ketones is 1. The van der Waals surface area contributed by atoms with Crippen LogP contribution < -0.4 is 5.43 Å². The molecule has 0 aliphatic carbocycles. The van der Waals surface area contributed by atoms with Gasteiger partial charge in [-0.25, -0.2) is 10.4 Å². The van der Waals surface area contributed by atoms with E-state index >= 15 is 0 Å². The Kier molecular flexibility index (Phi) is 3.93. The molecule has 12 heavy (non-hydrogen) atoms. The summed E-state index contributed by atoms with van der Waals surface area (Å²) in [5, 5.41) is 2.02. The topological polar surface area (TPSA) is 41.6 Å². The van der Waals surface area contributed by atoms with Gasteiger partial charge in [0.25, 0.3) is 0 Å². The fourth-order valence-corrected chi connectivity index (χ4v) is 0.965. The van der Waals surface area contributed by atoms with E-state index < -0.39 is 0 Å². The van der Waals surface area contributed by atoms with E-state index in [1.807, 2.05) is 11.1 Å². The zero-order valence-electron chi connectivity index (χ0n) is 7.25. The second-order valence-electron chi connectivity index (χ2n) is 2.67. The predicted octanol–water partition coefficient (Wildman–Crippen LogP) is -0.0741. The molecule has 1 heterocycles. The Bertz CT molecular complexity index is 174. The molecule has 1 fully saturated rings. The average Bonchev–Trinajstić information content (AvgIpc) is 2.05. The maximum absolute atomic E-state index is 10.5. The molecule has 0 aromatic carbocycles. The minimum atomic E-state index is 0.0864. The molecular formula is C8H14N2O2. The van der Waals surface area contributed by atoms with Crippen molar-refractivity contribution in [1.29, 1.82) is 0 Å². The first-order valence-corrected chi connectivity index (χ1v) is 4.02. The van der Waals surface area contributed by atoms with Crippen LogP contribution in [0.25, 0.3) is 0 Å². The van der Waals surface area contributed by atoms with Crippen LogP contribution in [0.15, 0.2) is 12.2 Å². The average molecular weight is 170 g/mol. The molecule has 1 aliphatic heterocycles. The lowest BCUT2D eigenvalue weighted by Crippen LogP contribution is -2.46. The van der Waals surface area contributed by atoms with Crippen molar-refractivity contribution in [3.8, 4) is 0 Å². The van der Waals surface area contributed by atoms with Gasteiger partial charge < -0.3 is 4.74 Å². The van der Waals surface area contributed by atoms with Crippen molar-refractivity contribution in [3.05, 3.63) is 12.2 Å². The van der Waals surface area contributed by atoms with Crippen LogP contribution in [-0.4, -0.2) is 37.2 Å². The molecule has 4 heteroatoms.